The van der Waals surface area contributed by atoms with Gasteiger partial charge in [0, 0.05) is 56.3 Å². The summed E-state index contributed by atoms with van der Waals surface area (Å²) in [5.41, 5.74) is 1.29. The highest BCUT2D eigenvalue weighted by Crippen LogP contribution is 2.35. The van der Waals surface area contributed by atoms with E-state index in [9.17, 15) is 18.4 Å². The van der Waals surface area contributed by atoms with Gasteiger partial charge in [0.1, 0.15) is 11.6 Å². The SMILES string of the molecule is CC(=O)N1CCN(C(=O)[C@@H]2CN(C(C)(C)C)CC2Cc2ccc(F)cc2F)CCC1c1ccc(Cl)cc1. The lowest BCUT2D eigenvalue weighted by Crippen LogP contribution is -2.43. The number of nitrogens with zero attached hydrogens (tertiary/aromatic N) is 3. The molecule has 4 rings (SSSR count). The molecule has 2 aromatic rings. The third-order valence-corrected chi connectivity index (χ3v) is 8.09. The first kappa shape index (κ1) is 27.5. The molecule has 2 aliphatic heterocycles. The van der Waals surface area contributed by atoms with E-state index < -0.39 is 11.6 Å². The highest BCUT2D eigenvalue weighted by Gasteiger charge is 2.43. The predicted octanol–water partition coefficient (Wildman–Crippen LogP) is 5.33. The minimum atomic E-state index is -0.605. The van der Waals surface area contributed by atoms with Crippen LogP contribution in [0, 0.1) is 23.5 Å². The van der Waals surface area contributed by atoms with Gasteiger partial charge >= 0.3 is 0 Å². The molecule has 2 saturated heterocycles. The van der Waals surface area contributed by atoms with Crippen LogP contribution >= 0.6 is 11.6 Å². The van der Waals surface area contributed by atoms with Crippen LogP contribution in [-0.4, -0.2) is 64.8 Å². The zero-order valence-corrected chi connectivity index (χ0v) is 22.8. The molecule has 2 fully saturated rings. The number of carbonyl (C=O) groups excluding carboxylic acids is 2. The van der Waals surface area contributed by atoms with Crippen molar-refractivity contribution in [3.8, 4) is 0 Å². The second-order valence-electron chi connectivity index (χ2n) is 11.3. The van der Waals surface area contributed by atoms with Crippen molar-refractivity contribution >= 4 is 23.4 Å². The lowest BCUT2D eigenvalue weighted by molar-refractivity contribution is -0.137. The summed E-state index contributed by atoms with van der Waals surface area (Å²) in [6.45, 7) is 10.6. The first-order valence-electron chi connectivity index (χ1n) is 12.9. The van der Waals surface area contributed by atoms with Crippen LogP contribution in [0.15, 0.2) is 42.5 Å². The van der Waals surface area contributed by atoms with Gasteiger partial charge in [-0.05, 0) is 68.9 Å². The van der Waals surface area contributed by atoms with Gasteiger partial charge in [0.2, 0.25) is 11.8 Å². The number of carbonyl (C=O) groups is 2. The standard InChI is InChI=1S/C29H36ClF2N3O2/c1-19(36)35-14-13-33(12-11-27(35)20-5-8-23(30)9-6-20)28(37)25-18-34(29(2,3)4)17-22(25)15-21-7-10-24(31)16-26(21)32/h5-10,16,22,25,27H,11-15,17-18H2,1-4H3/t22?,25-,27?/m1/s1. The molecule has 2 aromatic carbocycles. The van der Waals surface area contributed by atoms with Crippen LogP contribution in [-0.2, 0) is 16.0 Å². The fourth-order valence-corrected chi connectivity index (χ4v) is 5.79. The number of amides is 2. The Labute approximate surface area is 223 Å². The van der Waals surface area contributed by atoms with E-state index in [-0.39, 0.29) is 35.2 Å². The predicted molar refractivity (Wildman–Crippen MR) is 141 cm³/mol. The zero-order chi connectivity index (χ0) is 26.9. The minimum absolute atomic E-state index is 0.0290. The maximum Gasteiger partial charge on any atom is 0.227 e. The Hall–Kier alpha value is -2.51. The van der Waals surface area contributed by atoms with Crippen molar-refractivity contribution in [3.63, 3.8) is 0 Å². The Morgan fingerprint density at radius 2 is 1.70 bits per heavy atom. The fourth-order valence-electron chi connectivity index (χ4n) is 5.67. The molecule has 0 aliphatic carbocycles. The van der Waals surface area contributed by atoms with Gasteiger partial charge in [0.05, 0.1) is 12.0 Å². The fraction of sp³-hybridized carbons (Fsp3) is 0.517. The Morgan fingerprint density at radius 1 is 1.00 bits per heavy atom. The largest absolute Gasteiger partial charge is 0.341 e. The number of likely N-dealkylation sites (tertiary alicyclic amines) is 1. The van der Waals surface area contributed by atoms with Crippen molar-refractivity contribution in [2.75, 3.05) is 32.7 Å². The number of rotatable bonds is 4. The van der Waals surface area contributed by atoms with Crippen molar-refractivity contribution < 1.29 is 18.4 Å². The molecule has 3 atom stereocenters. The zero-order valence-electron chi connectivity index (χ0n) is 22.0. The molecule has 2 unspecified atom stereocenters. The van der Waals surface area contributed by atoms with Gasteiger partial charge in [-0.15, -0.1) is 0 Å². The summed E-state index contributed by atoms with van der Waals surface area (Å²) in [7, 11) is 0. The van der Waals surface area contributed by atoms with E-state index >= 15 is 0 Å². The smallest absolute Gasteiger partial charge is 0.227 e. The van der Waals surface area contributed by atoms with Crippen molar-refractivity contribution in [2.24, 2.45) is 11.8 Å². The first-order valence-corrected chi connectivity index (χ1v) is 13.3. The third-order valence-electron chi connectivity index (χ3n) is 7.83. The summed E-state index contributed by atoms with van der Waals surface area (Å²) in [6.07, 6.45) is 0.996. The van der Waals surface area contributed by atoms with E-state index in [1.807, 2.05) is 34.1 Å². The van der Waals surface area contributed by atoms with E-state index in [0.717, 1.165) is 11.6 Å². The molecule has 0 radical (unpaired) electrons. The third kappa shape index (κ3) is 6.32. The van der Waals surface area contributed by atoms with Gasteiger partial charge in [0.25, 0.3) is 0 Å². The molecule has 0 bridgehead atoms. The normalized spacial score (nSPS) is 23.3. The molecule has 0 spiro atoms. The molecule has 37 heavy (non-hydrogen) atoms. The highest BCUT2D eigenvalue weighted by molar-refractivity contribution is 6.30. The van der Waals surface area contributed by atoms with Crippen molar-refractivity contribution in [1.82, 2.24) is 14.7 Å². The van der Waals surface area contributed by atoms with Gasteiger partial charge < -0.3 is 9.80 Å². The lowest BCUT2D eigenvalue weighted by atomic mass is 9.88. The summed E-state index contributed by atoms with van der Waals surface area (Å²) in [6, 6.07) is 11.0. The minimum Gasteiger partial charge on any atom is -0.341 e. The van der Waals surface area contributed by atoms with E-state index in [4.69, 9.17) is 11.6 Å². The van der Waals surface area contributed by atoms with Crippen LogP contribution in [0.4, 0.5) is 8.78 Å². The monoisotopic (exact) mass is 531 g/mol. The summed E-state index contributed by atoms with van der Waals surface area (Å²) in [5, 5.41) is 0.636. The van der Waals surface area contributed by atoms with Crippen LogP contribution in [0.1, 0.15) is 51.3 Å². The Kier molecular flexibility index (Phi) is 8.24. The number of benzene rings is 2. The summed E-state index contributed by atoms with van der Waals surface area (Å²) in [4.78, 5) is 32.5. The molecule has 0 saturated carbocycles. The van der Waals surface area contributed by atoms with Crippen molar-refractivity contribution in [1.29, 1.82) is 0 Å². The maximum atomic E-state index is 14.5. The molecule has 8 heteroatoms. The molecule has 0 aromatic heterocycles. The van der Waals surface area contributed by atoms with Gasteiger partial charge in [-0.25, -0.2) is 8.78 Å². The number of hydrogen-bond acceptors (Lipinski definition) is 3. The van der Waals surface area contributed by atoms with E-state index in [1.54, 1.807) is 6.92 Å². The second-order valence-corrected chi connectivity index (χ2v) is 11.7. The van der Waals surface area contributed by atoms with E-state index in [2.05, 4.69) is 25.7 Å². The van der Waals surface area contributed by atoms with Crippen molar-refractivity contribution in [2.45, 2.75) is 52.1 Å². The van der Waals surface area contributed by atoms with Crippen LogP contribution in [0.25, 0.3) is 0 Å². The topological polar surface area (TPSA) is 43.9 Å². The Balaban J connectivity index is 1.55. The van der Waals surface area contributed by atoms with Crippen molar-refractivity contribution in [3.05, 3.63) is 70.2 Å². The molecule has 2 amide bonds. The van der Waals surface area contributed by atoms with Crippen LogP contribution in [0.5, 0.6) is 0 Å². The van der Waals surface area contributed by atoms with Gasteiger partial charge in [0.15, 0.2) is 0 Å². The Bertz CT molecular complexity index is 1130. The van der Waals surface area contributed by atoms with Crippen LogP contribution < -0.4 is 0 Å². The average Bonchev–Trinajstić information content (AvgIpc) is 3.13. The van der Waals surface area contributed by atoms with Crippen LogP contribution in [0.2, 0.25) is 5.02 Å². The van der Waals surface area contributed by atoms with Gasteiger partial charge in [-0.1, -0.05) is 29.8 Å². The summed E-state index contributed by atoms with van der Waals surface area (Å²) < 4.78 is 28.0. The van der Waals surface area contributed by atoms with Gasteiger partial charge in [-0.2, -0.15) is 0 Å². The van der Waals surface area contributed by atoms with E-state index in [0.29, 0.717) is 56.2 Å². The van der Waals surface area contributed by atoms with Gasteiger partial charge in [-0.3, -0.25) is 14.5 Å². The number of halogens is 3. The summed E-state index contributed by atoms with van der Waals surface area (Å²) >= 11 is 6.07. The molecule has 2 aliphatic rings. The first-order chi connectivity index (χ1) is 17.4. The molecule has 200 valence electrons. The van der Waals surface area contributed by atoms with E-state index in [1.165, 1.54) is 12.1 Å². The maximum absolute atomic E-state index is 14.5. The molecule has 2 heterocycles. The second kappa shape index (κ2) is 11.1. The molecular weight excluding hydrogens is 496 g/mol. The molecule has 5 nitrogen and oxygen atoms in total. The number of hydrogen-bond donors (Lipinski definition) is 0. The molecule has 0 N–H and O–H groups in total. The summed E-state index contributed by atoms with van der Waals surface area (Å²) in [5.74, 6) is -1.56. The van der Waals surface area contributed by atoms with Crippen LogP contribution in [0.3, 0.4) is 0 Å². The Morgan fingerprint density at radius 3 is 2.32 bits per heavy atom. The quantitative estimate of drug-likeness (QED) is 0.535. The molecular formula is C29H36ClF2N3O2. The highest BCUT2D eigenvalue weighted by atomic mass is 35.5. The lowest BCUT2D eigenvalue weighted by Gasteiger charge is -2.32. The average molecular weight is 532 g/mol.